The van der Waals surface area contributed by atoms with E-state index in [4.69, 9.17) is 15.8 Å². The van der Waals surface area contributed by atoms with Gasteiger partial charge in [-0.2, -0.15) is 15.8 Å². The Kier molecular flexibility index (Phi) is 2.49. The predicted octanol–water partition coefficient (Wildman–Crippen LogP) is 2.76. The van der Waals surface area contributed by atoms with Crippen LogP contribution in [0.3, 0.4) is 0 Å². The lowest BCUT2D eigenvalue weighted by atomic mass is 9.91. The maximum Gasteiger partial charge on any atom is 0.102 e. The van der Waals surface area contributed by atoms with Gasteiger partial charge in [-0.05, 0) is 17.9 Å². The first-order valence-electron chi connectivity index (χ1n) is 5.00. The molecule has 0 aromatic heterocycles. The second-order valence-corrected chi connectivity index (χ2v) is 3.63. The first kappa shape index (κ1) is 10.7. The molecule has 0 amide bonds. The summed E-state index contributed by atoms with van der Waals surface area (Å²) in [5, 5.41) is 28.9. The van der Waals surface area contributed by atoms with Crippen LogP contribution in [0.15, 0.2) is 24.3 Å². The fourth-order valence-electron chi connectivity index (χ4n) is 1.98. The molecule has 3 heteroatoms. The number of nitriles is 3. The highest BCUT2D eigenvalue weighted by Gasteiger charge is 2.16. The molecule has 0 fully saturated rings. The number of aryl methyl sites for hydroxylation is 1. The molecule has 17 heavy (non-hydrogen) atoms. The smallest absolute Gasteiger partial charge is 0.102 e. The Bertz CT molecular complexity index is 737. The van der Waals surface area contributed by atoms with Crippen molar-refractivity contribution in [3.05, 3.63) is 46.5 Å². The summed E-state index contributed by atoms with van der Waals surface area (Å²) in [5.41, 5.74) is 1.50. The molecule has 0 aliphatic rings. The van der Waals surface area contributed by atoms with Gasteiger partial charge in [0.05, 0.1) is 16.7 Å². The zero-order valence-electron chi connectivity index (χ0n) is 9.15. The number of nitrogens with zero attached hydrogens (tertiary/aromatic N) is 3. The second-order valence-electron chi connectivity index (χ2n) is 3.63. The minimum absolute atomic E-state index is 0.172. The normalized spacial score (nSPS) is 9.29. The van der Waals surface area contributed by atoms with E-state index in [0.717, 1.165) is 16.3 Å². The van der Waals surface area contributed by atoms with Crippen molar-refractivity contribution < 1.29 is 0 Å². The number of hydrogen-bond acceptors (Lipinski definition) is 3. The number of rotatable bonds is 0. The Hall–Kier alpha value is -2.83. The summed E-state index contributed by atoms with van der Waals surface area (Å²) < 4.78 is 0. The fraction of sp³-hybridized carbons (Fsp3) is 0.0714. The van der Waals surface area contributed by atoms with Crippen molar-refractivity contribution in [2.45, 2.75) is 6.92 Å². The molecule has 0 aliphatic heterocycles. The maximum atomic E-state index is 9.15. The van der Waals surface area contributed by atoms with Crippen LogP contribution in [0.1, 0.15) is 22.3 Å². The molecular weight excluding hydrogens is 210 g/mol. The Morgan fingerprint density at radius 1 is 0.765 bits per heavy atom. The van der Waals surface area contributed by atoms with Crippen molar-refractivity contribution in [2.75, 3.05) is 0 Å². The Balaban J connectivity index is 3.14. The van der Waals surface area contributed by atoms with Crippen LogP contribution in [-0.2, 0) is 0 Å². The third-order valence-electron chi connectivity index (χ3n) is 2.81. The van der Waals surface area contributed by atoms with Gasteiger partial charge in [0.15, 0.2) is 0 Å². The summed E-state index contributed by atoms with van der Waals surface area (Å²) in [6, 6.07) is 13.3. The molecule has 0 aliphatic carbocycles. The van der Waals surface area contributed by atoms with Gasteiger partial charge in [0.2, 0.25) is 0 Å². The zero-order chi connectivity index (χ0) is 12.4. The average molecular weight is 217 g/mol. The molecule has 0 atom stereocenters. The van der Waals surface area contributed by atoms with Crippen molar-refractivity contribution in [3.8, 4) is 18.2 Å². The van der Waals surface area contributed by atoms with Gasteiger partial charge in [0, 0.05) is 5.39 Å². The molecule has 78 valence electrons. The van der Waals surface area contributed by atoms with Crippen molar-refractivity contribution in [3.63, 3.8) is 0 Å². The summed E-state index contributed by atoms with van der Waals surface area (Å²) in [6.45, 7) is 1.79. The van der Waals surface area contributed by atoms with Crippen molar-refractivity contribution in [1.29, 1.82) is 15.8 Å². The van der Waals surface area contributed by atoms with E-state index in [1.807, 2.05) is 36.4 Å². The van der Waals surface area contributed by atoms with Gasteiger partial charge in [-0.15, -0.1) is 0 Å². The van der Waals surface area contributed by atoms with Gasteiger partial charge in [0.25, 0.3) is 0 Å². The van der Waals surface area contributed by atoms with Crippen LogP contribution in [0.4, 0.5) is 0 Å². The molecule has 2 aromatic carbocycles. The number of fused-ring (bicyclic) bond motifs is 1. The van der Waals surface area contributed by atoms with E-state index in [2.05, 4.69) is 0 Å². The van der Waals surface area contributed by atoms with Gasteiger partial charge in [0.1, 0.15) is 18.2 Å². The Labute approximate surface area is 98.8 Å². The lowest BCUT2D eigenvalue weighted by Crippen LogP contribution is -1.96. The molecule has 2 aromatic rings. The van der Waals surface area contributed by atoms with Gasteiger partial charge in [-0.1, -0.05) is 24.3 Å². The van der Waals surface area contributed by atoms with E-state index in [-0.39, 0.29) is 11.1 Å². The largest absolute Gasteiger partial charge is 0.192 e. The average Bonchev–Trinajstić information content (AvgIpc) is 2.38. The molecule has 0 spiro atoms. The Morgan fingerprint density at radius 3 is 1.82 bits per heavy atom. The van der Waals surface area contributed by atoms with Crippen LogP contribution in [-0.4, -0.2) is 0 Å². The van der Waals surface area contributed by atoms with E-state index in [1.54, 1.807) is 13.0 Å². The lowest BCUT2D eigenvalue weighted by Gasteiger charge is -2.08. The first-order chi connectivity index (χ1) is 8.24. The molecule has 0 heterocycles. The number of benzene rings is 2. The summed E-state index contributed by atoms with van der Waals surface area (Å²) in [4.78, 5) is 0. The van der Waals surface area contributed by atoms with Crippen LogP contribution < -0.4 is 0 Å². The quantitative estimate of drug-likeness (QED) is 0.681. The molecule has 0 N–H and O–H groups in total. The highest BCUT2D eigenvalue weighted by Crippen LogP contribution is 2.28. The van der Waals surface area contributed by atoms with Crippen molar-refractivity contribution >= 4 is 10.8 Å². The van der Waals surface area contributed by atoms with Crippen LogP contribution in [0, 0.1) is 40.9 Å². The van der Waals surface area contributed by atoms with Gasteiger partial charge < -0.3 is 0 Å². The standard InChI is InChI=1S/C14H7N3/c1-9-10-4-2-3-5-11(10)13(7-16)14(8-17)12(9)6-15/h2-5H,1H3. The molecule has 0 unspecified atom stereocenters. The molecule has 3 nitrogen and oxygen atoms in total. The predicted molar refractivity (Wildman–Crippen MR) is 62.8 cm³/mol. The molecule has 0 saturated heterocycles. The van der Waals surface area contributed by atoms with Gasteiger partial charge >= 0.3 is 0 Å². The lowest BCUT2D eigenvalue weighted by molar-refractivity contribution is 1.37. The highest BCUT2D eigenvalue weighted by molar-refractivity contribution is 5.94. The second kappa shape index (κ2) is 3.97. The SMILES string of the molecule is Cc1c(C#N)c(C#N)c(C#N)c2ccccc12. The highest BCUT2D eigenvalue weighted by atomic mass is 14.3. The van der Waals surface area contributed by atoms with Gasteiger partial charge in [-0.3, -0.25) is 0 Å². The maximum absolute atomic E-state index is 9.15. The summed E-state index contributed by atoms with van der Waals surface area (Å²) >= 11 is 0. The molecule has 0 bridgehead atoms. The topological polar surface area (TPSA) is 71.4 Å². The van der Waals surface area contributed by atoms with Crippen molar-refractivity contribution in [2.24, 2.45) is 0 Å². The van der Waals surface area contributed by atoms with E-state index < -0.39 is 0 Å². The first-order valence-corrected chi connectivity index (χ1v) is 5.00. The third-order valence-corrected chi connectivity index (χ3v) is 2.81. The van der Waals surface area contributed by atoms with E-state index in [0.29, 0.717) is 5.56 Å². The fourth-order valence-corrected chi connectivity index (χ4v) is 1.98. The van der Waals surface area contributed by atoms with Gasteiger partial charge in [-0.25, -0.2) is 0 Å². The summed E-state index contributed by atoms with van der Waals surface area (Å²) in [6.07, 6.45) is 0. The molecule has 2 rings (SSSR count). The van der Waals surface area contributed by atoms with E-state index in [9.17, 15) is 0 Å². The number of hydrogen-bond donors (Lipinski definition) is 0. The van der Waals surface area contributed by atoms with E-state index in [1.165, 1.54) is 0 Å². The van der Waals surface area contributed by atoms with Crippen LogP contribution in [0.25, 0.3) is 10.8 Å². The Morgan fingerprint density at radius 2 is 1.29 bits per heavy atom. The van der Waals surface area contributed by atoms with Crippen molar-refractivity contribution in [1.82, 2.24) is 0 Å². The van der Waals surface area contributed by atoms with Crippen LogP contribution in [0.2, 0.25) is 0 Å². The monoisotopic (exact) mass is 217 g/mol. The van der Waals surface area contributed by atoms with Crippen LogP contribution in [0.5, 0.6) is 0 Å². The molecular formula is C14H7N3. The zero-order valence-corrected chi connectivity index (χ0v) is 9.15. The summed E-state index contributed by atoms with van der Waals surface area (Å²) in [5.74, 6) is 0. The minimum Gasteiger partial charge on any atom is -0.192 e. The third kappa shape index (κ3) is 1.41. The summed E-state index contributed by atoms with van der Waals surface area (Å²) in [7, 11) is 0. The molecule has 0 saturated carbocycles. The van der Waals surface area contributed by atoms with Crippen LogP contribution >= 0.6 is 0 Å². The molecule has 0 radical (unpaired) electrons. The minimum atomic E-state index is 0.172. The van der Waals surface area contributed by atoms with E-state index >= 15 is 0 Å².